The van der Waals surface area contributed by atoms with Crippen LogP contribution in [0.3, 0.4) is 0 Å². The summed E-state index contributed by atoms with van der Waals surface area (Å²) in [6.07, 6.45) is 0.921. The van der Waals surface area contributed by atoms with E-state index in [1.165, 1.54) is 6.07 Å². The van der Waals surface area contributed by atoms with Crippen molar-refractivity contribution in [1.82, 2.24) is 4.98 Å². The fraction of sp³-hybridized carbons (Fsp3) is 0. The molecule has 0 aliphatic carbocycles. The molecule has 1 aromatic rings. The molecule has 0 amide bonds. The van der Waals surface area contributed by atoms with Crippen LogP contribution in [0.2, 0.25) is 5.15 Å². The van der Waals surface area contributed by atoms with E-state index in [-0.39, 0.29) is 0 Å². The number of hydrogen-bond acceptors (Lipinski definition) is 3. The Hall–Kier alpha value is -1.34. The maximum Gasteiger partial charge on any atom is 0.181 e. The molecule has 0 saturated carbocycles. The molecule has 56 valence electrons. The van der Waals surface area contributed by atoms with Gasteiger partial charge in [0.05, 0.1) is 6.20 Å². The summed E-state index contributed by atoms with van der Waals surface area (Å²) in [5.41, 5.74) is -0.481. The molecule has 3 nitrogen and oxygen atoms in total. The van der Waals surface area contributed by atoms with Gasteiger partial charge in [-0.1, -0.05) is 11.6 Å². The minimum Gasteiger partial charge on any atom is -0.505 e. The molecule has 0 fully saturated rings. The lowest BCUT2D eigenvalue weighted by Gasteiger charge is -1.96. The average Bonchev–Trinajstić information content (AvgIpc) is 1.99. The Morgan fingerprint density at radius 1 is 1.73 bits per heavy atom. The monoisotopic (exact) mass is 172 g/mol. The van der Waals surface area contributed by atoms with E-state index in [9.17, 15) is 4.39 Å². The van der Waals surface area contributed by atoms with Gasteiger partial charge in [0.2, 0.25) is 0 Å². The molecule has 0 aromatic carbocycles. The van der Waals surface area contributed by atoms with Gasteiger partial charge in [-0.15, -0.1) is 0 Å². The van der Waals surface area contributed by atoms with Gasteiger partial charge in [0.15, 0.2) is 16.7 Å². The van der Waals surface area contributed by atoms with Gasteiger partial charge in [0.25, 0.3) is 0 Å². The van der Waals surface area contributed by atoms with Crippen molar-refractivity contribution in [2.75, 3.05) is 0 Å². The van der Waals surface area contributed by atoms with Crippen molar-refractivity contribution in [1.29, 1.82) is 5.26 Å². The number of nitriles is 1. The van der Waals surface area contributed by atoms with Gasteiger partial charge in [0, 0.05) is 0 Å². The first-order valence-corrected chi connectivity index (χ1v) is 2.97. The molecule has 0 atom stereocenters. The second-order valence-corrected chi connectivity index (χ2v) is 2.09. The molecule has 0 aliphatic heterocycles. The highest BCUT2D eigenvalue weighted by atomic mass is 35.5. The second kappa shape index (κ2) is 2.72. The van der Waals surface area contributed by atoms with Crippen molar-refractivity contribution in [2.45, 2.75) is 0 Å². The summed E-state index contributed by atoms with van der Waals surface area (Å²) in [5.74, 6) is -1.50. The number of pyridine rings is 1. The Balaban J connectivity index is 3.44. The van der Waals surface area contributed by atoms with Crippen LogP contribution in [0, 0.1) is 17.1 Å². The Bertz CT molecular complexity index is 334. The molecule has 5 heteroatoms. The summed E-state index contributed by atoms with van der Waals surface area (Å²) < 4.78 is 12.7. The van der Waals surface area contributed by atoms with E-state index in [0.29, 0.717) is 0 Å². The Morgan fingerprint density at radius 2 is 2.36 bits per heavy atom. The molecule has 11 heavy (non-hydrogen) atoms. The normalized spacial score (nSPS) is 9.18. The molecular weight excluding hydrogens is 171 g/mol. The van der Waals surface area contributed by atoms with Crippen LogP contribution in [0.1, 0.15) is 5.56 Å². The van der Waals surface area contributed by atoms with Gasteiger partial charge in [-0.25, -0.2) is 9.37 Å². The van der Waals surface area contributed by atoms with Gasteiger partial charge in [0.1, 0.15) is 11.6 Å². The Kier molecular flexibility index (Phi) is 1.92. The van der Waals surface area contributed by atoms with Crippen LogP contribution in [0.15, 0.2) is 6.20 Å². The molecule has 0 bridgehead atoms. The SMILES string of the molecule is N#Cc1c(O)cnc(Cl)c1F. The number of aromatic hydroxyl groups is 1. The number of rotatable bonds is 0. The summed E-state index contributed by atoms with van der Waals surface area (Å²) in [6.45, 7) is 0. The summed E-state index contributed by atoms with van der Waals surface area (Å²) in [4.78, 5) is 3.28. The van der Waals surface area contributed by atoms with E-state index in [2.05, 4.69) is 4.98 Å². The summed E-state index contributed by atoms with van der Waals surface area (Å²) in [6, 6.07) is 1.45. The van der Waals surface area contributed by atoms with Crippen LogP contribution in [0.5, 0.6) is 5.75 Å². The molecule has 0 unspecified atom stereocenters. The predicted octanol–water partition coefficient (Wildman–Crippen LogP) is 1.45. The van der Waals surface area contributed by atoms with E-state index < -0.39 is 22.3 Å². The maximum atomic E-state index is 12.7. The van der Waals surface area contributed by atoms with Crippen LogP contribution in [-0.2, 0) is 0 Å². The highest BCUT2D eigenvalue weighted by Gasteiger charge is 2.11. The topological polar surface area (TPSA) is 56.9 Å². The van der Waals surface area contributed by atoms with Gasteiger partial charge >= 0.3 is 0 Å². The van der Waals surface area contributed by atoms with Crippen molar-refractivity contribution < 1.29 is 9.50 Å². The Morgan fingerprint density at radius 3 is 2.82 bits per heavy atom. The van der Waals surface area contributed by atoms with E-state index >= 15 is 0 Å². The molecule has 1 rings (SSSR count). The van der Waals surface area contributed by atoms with E-state index in [0.717, 1.165) is 6.20 Å². The van der Waals surface area contributed by atoms with Gasteiger partial charge < -0.3 is 5.11 Å². The smallest absolute Gasteiger partial charge is 0.181 e. The lowest BCUT2D eigenvalue weighted by atomic mass is 10.2. The summed E-state index contributed by atoms with van der Waals surface area (Å²) >= 11 is 5.22. The summed E-state index contributed by atoms with van der Waals surface area (Å²) in [7, 11) is 0. The zero-order chi connectivity index (χ0) is 8.43. The number of nitrogens with zero attached hydrogens (tertiary/aromatic N) is 2. The highest BCUT2D eigenvalue weighted by molar-refractivity contribution is 6.29. The lowest BCUT2D eigenvalue weighted by molar-refractivity contribution is 0.463. The third-order valence-corrected chi connectivity index (χ3v) is 1.33. The first-order valence-electron chi connectivity index (χ1n) is 2.60. The Labute approximate surface area is 66.7 Å². The molecule has 1 N–H and O–H groups in total. The second-order valence-electron chi connectivity index (χ2n) is 1.74. The average molecular weight is 173 g/mol. The van der Waals surface area contributed by atoms with E-state index in [1.807, 2.05) is 0 Å². The van der Waals surface area contributed by atoms with E-state index in [4.69, 9.17) is 22.0 Å². The zero-order valence-corrected chi connectivity index (χ0v) is 5.93. The maximum absolute atomic E-state index is 12.7. The zero-order valence-electron chi connectivity index (χ0n) is 5.17. The first kappa shape index (κ1) is 7.76. The number of aromatic nitrogens is 1. The number of hydrogen-bond donors (Lipinski definition) is 1. The quantitative estimate of drug-likeness (QED) is 0.603. The first-order chi connectivity index (χ1) is 5.16. The molecule has 0 aliphatic rings. The fourth-order valence-corrected chi connectivity index (χ4v) is 0.704. The van der Waals surface area contributed by atoms with Crippen molar-refractivity contribution in [2.24, 2.45) is 0 Å². The molecule has 1 heterocycles. The van der Waals surface area contributed by atoms with Gasteiger partial charge in [-0.05, 0) is 0 Å². The molecule has 1 aromatic heterocycles. The predicted molar refractivity (Wildman–Crippen MR) is 35.6 cm³/mol. The number of halogens is 2. The van der Waals surface area contributed by atoms with Crippen LogP contribution >= 0.6 is 11.6 Å². The van der Waals surface area contributed by atoms with Crippen LogP contribution in [-0.4, -0.2) is 10.1 Å². The molecular formula is C6H2ClFN2O. The fourth-order valence-electron chi connectivity index (χ4n) is 0.561. The molecule has 0 spiro atoms. The minimum absolute atomic E-state index is 0.417. The van der Waals surface area contributed by atoms with Crippen molar-refractivity contribution in [3.63, 3.8) is 0 Å². The van der Waals surface area contributed by atoms with Crippen molar-refractivity contribution in [3.05, 3.63) is 22.7 Å². The van der Waals surface area contributed by atoms with Crippen LogP contribution < -0.4 is 0 Å². The van der Waals surface area contributed by atoms with Gasteiger partial charge in [-0.3, -0.25) is 0 Å². The molecule has 0 saturated heterocycles. The van der Waals surface area contributed by atoms with Crippen LogP contribution in [0.25, 0.3) is 0 Å². The third kappa shape index (κ3) is 1.23. The van der Waals surface area contributed by atoms with Crippen molar-refractivity contribution in [3.8, 4) is 11.8 Å². The largest absolute Gasteiger partial charge is 0.505 e. The lowest BCUT2D eigenvalue weighted by Crippen LogP contribution is -1.88. The molecule has 0 radical (unpaired) electrons. The van der Waals surface area contributed by atoms with Gasteiger partial charge in [-0.2, -0.15) is 5.26 Å². The van der Waals surface area contributed by atoms with Crippen LogP contribution in [0.4, 0.5) is 4.39 Å². The summed E-state index contributed by atoms with van der Waals surface area (Å²) in [5, 5.41) is 16.7. The standard InChI is InChI=1S/C6H2ClFN2O/c7-6-5(8)3(1-9)4(11)2-10-6/h2,11H. The highest BCUT2D eigenvalue weighted by Crippen LogP contribution is 2.22. The minimum atomic E-state index is -0.992. The third-order valence-electron chi connectivity index (χ3n) is 1.07. The van der Waals surface area contributed by atoms with E-state index in [1.54, 1.807) is 0 Å². The van der Waals surface area contributed by atoms with Crippen molar-refractivity contribution >= 4 is 11.6 Å².